The van der Waals surface area contributed by atoms with Crippen LogP contribution < -0.4 is 4.74 Å². The Hall–Kier alpha value is -1.16. The lowest BCUT2D eigenvalue weighted by atomic mass is 9.96. The van der Waals surface area contributed by atoms with Crippen LogP contribution in [0, 0.1) is 0 Å². The molecule has 0 spiro atoms. The second-order valence-electron chi connectivity index (χ2n) is 3.43. The quantitative estimate of drug-likeness (QED) is 0.837. The van der Waals surface area contributed by atoms with Gasteiger partial charge in [-0.1, -0.05) is 0 Å². The first-order valence-corrected chi connectivity index (χ1v) is 5.74. The van der Waals surface area contributed by atoms with Crippen LogP contribution >= 0.6 is 11.8 Å². The smallest absolute Gasteiger partial charge is 0.311 e. The number of methoxy groups -OCH3 is 1. The van der Waals surface area contributed by atoms with Gasteiger partial charge in [0.2, 0.25) is 0 Å². The predicted molar refractivity (Wildman–Crippen MR) is 58.7 cm³/mol. The van der Waals surface area contributed by atoms with Gasteiger partial charge in [-0.3, -0.25) is 4.79 Å². The van der Waals surface area contributed by atoms with Gasteiger partial charge in [-0.05, 0) is 35.9 Å². The van der Waals surface area contributed by atoms with Gasteiger partial charge < -0.3 is 9.84 Å². The van der Waals surface area contributed by atoms with Crippen LogP contribution in [0.4, 0.5) is 0 Å². The van der Waals surface area contributed by atoms with Gasteiger partial charge in [0.25, 0.3) is 0 Å². The Bertz CT molecular complexity index is 389. The second-order valence-corrected chi connectivity index (χ2v) is 4.57. The summed E-state index contributed by atoms with van der Waals surface area (Å²) in [6.45, 7) is 0. The lowest BCUT2D eigenvalue weighted by Crippen LogP contribution is -2.16. The van der Waals surface area contributed by atoms with Crippen LogP contribution in [-0.2, 0) is 4.79 Å². The molecule has 0 bridgehead atoms. The fraction of sp³-hybridized carbons (Fsp3) is 0.364. The molecule has 0 radical (unpaired) electrons. The number of hydrogen-bond acceptors (Lipinski definition) is 3. The minimum Gasteiger partial charge on any atom is -0.497 e. The number of carboxylic acid groups (broad SMARTS) is 1. The Balaban J connectivity index is 2.43. The van der Waals surface area contributed by atoms with Crippen molar-refractivity contribution in [3.8, 4) is 5.75 Å². The van der Waals surface area contributed by atoms with Crippen molar-refractivity contribution in [2.45, 2.75) is 17.2 Å². The maximum Gasteiger partial charge on any atom is 0.311 e. The first-order chi connectivity index (χ1) is 7.22. The summed E-state index contributed by atoms with van der Waals surface area (Å²) in [5.41, 5.74) is 0.887. The molecule has 1 heterocycles. The van der Waals surface area contributed by atoms with Crippen molar-refractivity contribution >= 4 is 17.7 Å². The summed E-state index contributed by atoms with van der Waals surface area (Å²) in [5, 5.41) is 9.10. The third-order valence-corrected chi connectivity index (χ3v) is 3.68. The van der Waals surface area contributed by atoms with Gasteiger partial charge in [0.1, 0.15) is 5.75 Å². The molecule has 1 unspecified atom stereocenters. The zero-order valence-corrected chi connectivity index (χ0v) is 9.21. The standard InChI is InChI=1S/C11H12O3S/c1-14-7-2-3-10-9(6-7)8(11(12)13)4-5-15-10/h2-3,6,8H,4-5H2,1H3,(H,12,13). The number of thioether (sulfide) groups is 1. The average Bonchev–Trinajstić information content (AvgIpc) is 2.27. The zero-order chi connectivity index (χ0) is 10.8. The number of carboxylic acids is 1. The predicted octanol–water partition coefficient (Wildman–Crippen LogP) is 2.36. The lowest BCUT2D eigenvalue weighted by Gasteiger charge is -2.22. The zero-order valence-electron chi connectivity index (χ0n) is 8.40. The van der Waals surface area contributed by atoms with Crippen molar-refractivity contribution in [1.29, 1.82) is 0 Å². The first-order valence-electron chi connectivity index (χ1n) is 4.76. The van der Waals surface area contributed by atoms with Crippen LogP contribution in [0.5, 0.6) is 5.75 Å². The lowest BCUT2D eigenvalue weighted by molar-refractivity contribution is -0.138. The number of ether oxygens (including phenoxy) is 1. The Labute approximate surface area is 92.4 Å². The highest BCUT2D eigenvalue weighted by molar-refractivity contribution is 7.99. The molecule has 0 fully saturated rings. The molecule has 1 N–H and O–H groups in total. The SMILES string of the molecule is COc1ccc2c(c1)C(C(=O)O)CCS2. The summed E-state index contributed by atoms with van der Waals surface area (Å²) < 4.78 is 5.11. The van der Waals surface area contributed by atoms with E-state index in [0.29, 0.717) is 6.42 Å². The number of rotatable bonds is 2. The van der Waals surface area contributed by atoms with Gasteiger partial charge in [-0.25, -0.2) is 0 Å². The fourth-order valence-electron chi connectivity index (χ4n) is 1.76. The third kappa shape index (κ3) is 1.95. The number of fused-ring (bicyclic) bond motifs is 1. The Morgan fingerprint density at radius 3 is 3.07 bits per heavy atom. The highest BCUT2D eigenvalue weighted by atomic mass is 32.2. The van der Waals surface area contributed by atoms with E-state index in [4.69, 9.17) is 9.84 Å². The average molecular weight is 224 g/mol. The molecule has 0 aromatic heterocycles. The van der Waals surface area contributed by atoms with Crippen molar-refractivity contribution < 1.29 is 14.6 Å². The number of carbonyl (C=O) groups is 1. The van der Waals surface area contributed by atoms with Crippen LogP contribution in [-0.4, -0.2) is 23.9 Å². The third-order valence-electron chi connectivity index (χ3n) is 2.55. The largest absolute Gasteiger partial charge is 0.497 e. The molecule has 1 aromatic rings. The van der Waals surface area contributed by atoms with Gasteiger partial charge in [-0.15, -0.1) is 11.8 Å². The number of hydrogen-bond donors (Lipinski definition) is 1. The molecule has 80 valence electrons. The van der Waals surface area contributed by atoms with Crippen LogP contribution in [0.15, 0.2) is 23.1 Å². The minimum absolute atomic E-state index is 0.378. The normalized spacial score (nSPS) is 19.4. The van der Waals surface area contributed by atoms with E-state index in [1.54, 1.807) is 18.9 Å². The van der Waals surface area contributed by atoms with Crippen LogP contribution in [0.3, 0.4) is 0 Å². The summed E-state index contributed by atoms with van der Waals surface area (Å²) in [5.74, 6) is 0.472. The molecule has 1 aromatic carbocycles. The molecule has 1 atom stereocenters. The van der Waals surface area contributed by atoms with E-state index in [0.717, 1.165) is 22.0 Å². The molecular formula is C11H12O3S. The molecule has 0 saturated carbocycles. The van der Waals surface area contributed by atoms with Gasteiger partial charge in [-0.2, -0.15) is 0 Å². The maximum absolute atomic E-state index is 11.1. The summed E-state index contributed by atoms with van der Waals surface area (Å²) in [7, 11) is 1.59. The molecule has 0 aliphatic carbocycles. The van der Waals surface area contributed by atoms with E-state index in [2.05, 4.69) is 0 Å². The van der Waals surface area contributed by atoms with Gasteiger partial charge in [0.15, 0.2) is 0 Å². The van der Waals surface area contributed by atoms with Crippen molar-refractivity contribution in [3.63, 3.8) is 0 Å². The van der Waals surface area contributed by atoms with E-state index in [1.807, 2.05) is 18.2 Å². The Morgan fingerprint density at radius 1 is 1.60 bits per heavy atom. The van der Waals surface area contributed by atoms with Crippen LogP contribution in [0.2, 0.25) is 0 Å². The Morgan fingerprint density at radius 2 is 2.40 bits per heavy atom. The molecular weight excluding hydrogens is 212 g/mol. The molecule has 1 aliphatic heterocycles. The van der Waals surface area contributed by atoms with Gasteiger partial charge in [0, 0.05) is 4.90 Å². The summed E-state index contributed by atoms with van der Waals surface area (Å²) in [6.07, 6.45) is 0.695. The molecule has 1 aliphatic rings. The molecule has 4 heteroatoms. The van der Waals surface area contributed by atoms with Crippen molar-refractivity contribution in [2.75, 3.05) is 12.9 Å². The van der Waals surface area contributed by atoms with Gasteiger partial charge in [0.05, 0.1) is 13.0 Å². The monoisotopic (exact) mass is 224 g/mol. The van der Waals surface area contributed by atoms with Crippen LogP contribution in [0.25, 0.3) is 0 Å². The first kappa shape index (κ1) is 10.4. The minimum atomic E-state index is -0.746. The fourth-order valence-corrected chi connectivity index (χ4v) is 2.86. The number of benzene rings is 1. The highest BCUT2D eigenvalue weighted by Gasteiger charge is 2.26. The topological polar surface area (TPSA) is 46.5 Å². The summed E-state index contributed by atoms with van der Waals surface area (Å²) >= 11 is 1.71. The highest BCUT2D eigenvalue weighted by Crippen LogP contribution is 2.39. The van der Waals surface area contributed by atoms with E-state index < -0.39 is 5.97 Å². The van der Waals surface area contributed by atoms with E-state index in [9.17, 15) is 4.79 Å². The van der Waals surface area contributed by atoms with E-state index in [-0.39, 0.29) is 5.92 Å². The number of aliphatic carboxylic acids is 1. The second kappa shape index (κ2) is 4.14. The summed E-state index contributed by atoms with van der Waals surface area (Å²) in [4.78, 5) is 12.1. The van der Waals surface area contributed by atoms with E-state index >= 15 is 0 Å². The molecule has 0 amide bonds. The van der Waals surface area contributed by atoms with Gasteiger partial charge >= 0.3 is 5.97 Å². The van der Waals surface area contributed by atoms with Crippen molar-refractivity contribution in [3.05, 3.63) is 23.8 Å². The van der Waals surface area contributed by atoms with E-state index in [1.165, 1.54) is 0 Å². The molecule has 0 saturated heterocycles. The van der Waals surface area contributed by atoms with Crippen molar-refractivity contribution in [2.24, 2.45) is 0 Å². The molecule has 3 nitrogen and oxygen atoms in total. The van der Waals surface area contributed by atoms with Crippen LogP contribution in [0.1, 0.15) is 17.9 Å². The molecule has 2 rings (SSSR count). The maximum atomic E-state index is 11.1. The molecule has 15 heavy (non-hydrogen) atoms. The summed E-state index contributed by atoms with van der Waals surface area (Å²) in [6, 6.07) is 5.64. The Kier molecular flexibility index (Phi) is 2.86. The van der Waals surface area contributed by atoms with Crippen molar-refractivity contribution in [1.82, 2.24) is 0 Å².